The normalized spacial score (nSPS) is 10.2. The molecule has 1 aromatic rings. The number of hydrogen-bond donors (Lipinski definition) is 0. The molecule has 7 heteroatoms. The minimum Gasteiger partial charge on any atom is -0.335 e. The van der Waals surface area contributed by atoms with Gasteiger partial charge in [-0.3, -0.25) is 14.9 Å². The molecule has 0 radical (unpaired) electrons. The summed E-state index contributed by atoms with van der Waals surface area (Å²) in [6.07, 6.45) is 0. The van der Waals surface area contributed by atoms with Crippen molar-refractivity contribution in [2.24, 2.45) is 0 Å². The van der Waals surface area contributed by atoms with Crippen molar-refractivity contribution in [3.63, 3.8) is 0 Å². The molecular formula is C13H14F2N2O3. The average Bonchev–Trinajstić information content (AvgIpc) is 2.36. The molecule has 1 rings (SSSR count). The van der Waals surface area contributed by atoms with Gasteiger partial charge >= 0.3 is 5.69 Å². The van der Waals surface area contributed by atoms with Crippen LogP contribution in [0.5, 0.6) is 0 Å². The van der Waals surface area contributed by atoms with Crippen molar-refractivity contribution >= 4 is 11.6 Å². The van der Waals surface area contributed by atoms with Crippen molar-refractivity contribution in [2.75, 3.05) is 13.1 Å². The Labute approximate surface area is 114 Å². The van der Waals surface area contributed by atoms with E-state index in [1.54, 1.807) is 13.8 Å². The van der Waals surface area contributed by atoms with Crippen LogP contribution in [-0.4, -0.2) is 28.8 Å². The fraction of sp³-hybridized carbons (Fsp3) is 0.308. The molecule has 108 valence electrons. The maximum absolute atomic E-state index is 13.9. The van der Waals surface area contributed by atoms with E-state index in [1.165, 1.54) is 4.90 Å². The van der Waals surface area contributed by atoms with E-state index in [0.29, 0.717) is 17.7 Å². The third-order valence-corrected chi connectivity index (χ3v) is 2.57. The van der Waals surface area contributed by atoms with Crippen LogP contribution in [0.1, 0.15) is 24.2 Å². The van der Waals surface area contributed by atoms with Crippen LogP contribution >= 0.6 is 0 Å². The van der Waals surface area contributed by atoms with E-state index < -0.39 is 33.7 Å². The van der Waals surface area contributed by atoms with Gasteiger partial charge in [-0.05, 0) is 19.9 Å². The number of halogens is 2. The van der Waals surface area contributed by atoms with Gasteiger partial charge in [-0.1, -0.05) is 12.2 Å². The first-order valence-electron chi connectivity index (χ1n) is 5.85. The molecule has 0 saturated carbocycles. The van der Waals surface area contributed by atoms with Gasteiger partial charge in [-0.15, -0.1) is 0 Å². The monoisotopic (exact) mass is 284 g/mol. The molecule has 0 aromatic heterocycles. The number of nitro groups is 1. The van der Waals surface area contributed by atoms with Crippen molar-refractivity contribution in [1.82, 2.24) is 4.90 Å². The molecule has 1 aromatic carbocycles. The van der Waals surface area contributed by atoms with Gasteiger partial charge in [0.05, 0.1) is 16.6 Å². The summed E-state index contributed by atoms with van der Waals surface area (Å²) in [6.45, 7) is 7.39. The number of nitrogens with zero attached hydrogens (tertiary/aromatic N) is 2. The maximum Gasteiger partial charge on any atom is 0.308 e. The van der Waals surface area contributed by atoms with Gasteiger partial charge in [-0.25, -0.2) is 4.39 Å². The summed E-state index contributed by atoms with van der Waals surface area (Å²) in [4.78, 5) is 22.9. The summed E-state index contributed by atoms with van der Waals surface area (Å²) >= 11 is 0. The minimum absolute atomic E-state index is 0.166. The number of likely N-dealkylation sites (N-methyl/N-ethyl adjacent to an activating group) is 1. The lowest BCUT2D eigenvalue weighted by Crippen LogP contribution is -2.33. The maximum atomic E-state index is 13.9. The first-order valence-corrected chi connectivity index (χ1v) is 5.85. The van der Waals surface area contributed by atoms with Crippen molar-refractivity contribution in [3.05, 3.63) is 51.6 Å². The Morgan fingerprint density at radius 3 is 2.50 bits per heavy atom. The highest BCUT2D eigenvalue weighted by Gasteiger charge is 2.26. The molecule has 1 amide bonds. The van der Waals surface area contributed by atoms with Crippen LogP contribution in [0.25, 0.3) is 0 Å². The fourth-order valence-electron chi connectivity index (χ4n) is 1.69. The van der Waals surface area contributed by atoms with Gasteiger partial charge in [0, 0.05) is 13.1 Å². The van der Waals surface area contributed by atoms with Gasteiger partial charge in [-0.2, -0.15) is 4.39 Å². The molecule has 0 heterocycles. The van der Waals surface area contributed by atoms with Crippen molar-refractivity contribution in [3.8, 4) is 0 Å². The standard InChI is InChI=1S/C13H14F2N2O3/c1-4-16(7-8(2)3)13(18)10-5-9(14)6-11(12(10)15)17(19)20/h5-6H,2,4,7H2,1,3H3. The Hall–Kier alpha value is -2.31. The largest absolute Gasteiger partial charge is 0.335 e. The lowest BCUT2D eigenvalue weighted by molar-refractivity contribution is -0.387. The highest BCUT2D eigenvalue weighted by Crippen LogP contribution is 2.23. The topological polar surface area (TPSA) is 63.5 Å². The zero-order chi connectivity index (χ0) is 15.4. The van der Waals surface area contributed by atoms with Crippen LogP contribution < -0.4 is 0 Å². The minimum atomic E-state index is -1.33. The van der Waals surface area contributed by atoms with E-state index in [0.717, 1.165) is 0 Å². The first kappa shape index (κ1) is 15.7. The Kier molecular flexibility index (Phi) is 4.90. The number of nitro benzene ring substituents is 1. The zero-order valence-electron chi connectivity index (χ0n) is 11.2. The SMILES string of the molecule is C=C(C)CN(CC)C(=O)c1cc(F)cc([N+](=O)[O-])c1F. The van der Waals surface area contributed by atoms with E-state index in [-0.39, 0.29) is 13.1 Å². The molecule has 0 spiro atoms. The Balaban J connectivity index is 3.28. The van der Waals surface area contributed by atoms with E-state index in [1.807, 2.05) is 0 Å². The lowest BCUT2D eigenvalue weighted by atomic mass is 10.1. The van der Waals surface area contributed by atoms with Crippen molar-refractivity contribution in [1.29, 1.82) is 0 Å². The van der Waals surface area contributed by atoms with Crippen molar-refractivity contribution < 1.29 is 18.5 Å². The quantitative estimate of drug-likeness (QED) is 0.474. The van der Waals surface area contributed by atoms with Crippen LogP contribution in [0.3, 0.4) is 0 Å². The summed E-state index contributed by atoms with van der Waals surface area (Å²) < 4.78 is 27.2. The molecule has 0 bridgehead atoms. The summed E-state index contributed by atoms with van der Waals surface area (Å²) in [5.41, 5.74) is -1.05. The smallest absolute Gasteiger partial charge is 0.308 e. The first-order chi connectivity index (χ1) is 9.27. The molecule has 0 fully saturated rings. The third kappa shape index (κ3) is 3.37. The molecule has 5 nitrogen and oxygen atoms in total. The van der Waals surface area contributed by atoms with Crippen LogP contribution in [0.15, 0.2) is 24.3 Å². The number of amides is 1. The molecule has 0 unspecified atom stereocenters. The van der Waals surface area contributed by atoms with Gasteiger partial charge in [0.15, 0.2) is 0 Å². The second kappa shape index (κ2) is 6.23. The van der Waals surface area contributed by atoms with E-state index >= 15 is 0 Å². The molecular weight excluding hydrogens is 270 g/mol. The Morgan fingerprint density at radius 1 is 1.45 bits per heavy atom. The number of benzene rings is 1. The number of carbonyl (C=O) groups excluding carboxylic acids is 1. The molecule has 0 aliphatic rings. The number of hydrogen-bond acceptors (Lipinski definition) is 3. The second-order valence-electron chi connectivity index (χ2n) is 4.32. The highest BCUT2D eigenvalue weighted by molar-refractivity contribution is 5.95. The van der Waals surface area contributed by atoms with Crippen LogP contribution in [0.2, 0.25) is 0 Å². The Bertz CT molecular complexity index is 573. The van der Waals surface area contributed by atoms with Crippen LogP contribution in [0.4, 0.5) is 14.5 Å². The molecule has 20 heavy (non-hydrogen) atoms. The number of rotatable bonds is 5. The number of carbonyl (C=O) groups is 1. The van der Waals surface area contributed by atoms with Gasteiger partial charge in [0.2, 0.25) is 5.82 Å². The summed E-state index contributed by atoms with van der Waals surface area (Å²) in [7, 11) is 0. The van der Waals surface area contributed by atoms with Crippen LogP contribution in [-0.2, 0) is 0 Å². The van der Waals surface area contributed by atoms with E-state index in [2.05, 4.69) is 6.58 Å². The van der Waals surface area contributed by atoms with E-state index in [9.17, 15) is 23.7 Å². The van der Waals surface area contributed by atoms with E-state index in [4.69, 9.17) is 0 Å². The summed E-state index contributed by atoms with van der Waals surface area (Å²) in [5, 5.41) is 10.6. The predicted octanol–water partition coefficient (Wildman–Crippen LogP) is 2.91. The fourth-order valence-corrected chi connectivity index (χ4v) is 1.69. The summed E-state index contributed by atoms with van der Waals surface area (Å²) in [6, 6.07) is 1.10. The average molecular weight is 284 g/mol. The predicted molar refractivity (Wildman–Crippen MR) is 69.4 cm³/mol. The zero-order valence-corrected chi connectivity index (χ0v) is 11.2. The molecule has 0 saturated heterocycles. The highest BCUT2D eigenvalue weighted by atomic mass is 19.1. The summed E-state index contributed by atoms with van der Waals surface area (Å²) in [5.74, 6) is -3.18. The van der Waals surface area contributed by atoms with Crippen LogP contribution in [0, 0.1) is 21.7 Å². The van der Waals surface area contributed by atoms with Gasteiger partial charge < -0.3 is 4.90 Å². The molecule has 0 aliphatic carbocycles. The molecule has 0 N–H and O–H groups in total. The third-order valence-electron chi connectivity index (χ3n) is 2.57. The lowest BCUT2D eigenvalue weighted by Gasteiger charge is -2.21. The Morgan fingerprint density at radius 2 is 2.05 bits per heavy atom. The molecule has 0 atom stereocenters. The van der Waals surface area contributed by atoms with Crippen molar-refractivity contribution in [2.45, 2.75) is 13.8 Å². The van der Waals surface area contributed by atoms with Gasteiger partial charge in [0.25, 0.3) is 5.91 Å². The molecule has 0 aliphatic heterocycles. The van der Waals surface area contributed by atoms with Gasteiger partial charge in [0.1, 0.15) is 5.82 Å². The second-order valence-corrected chi connectivity index (χ2v) is 4.32.